The number of oxazole rings is 1. The van der Waals surface area contributed by atoms with Gasteiger partial charge in [0.25, 0.3) is 5.91 Å². The summed E-state index contributed by atoms with van der Waals surface area (Å²) in [6, 6.07) is 4.43. The van der Waals surface area contributed by atoms with Gasteiger partial charge in [0.15, 0.2) is 5.76 Å². The smallest absolute Gasteiger partial charge is 0.416 e. The predicted octanol–water partition coefficient (Wildman–Crippen LogP) is 1.91. The molecule has 0 aliphatic rings. The van der Waals surface area contributed by atoms with Crippen LogP contribution in [-0.4, -0.2) is 29.1 Å². The third-order valence-corrected chi connectivity index (χ3v) is 3.58. The summed E-state index contributed by atoms with van der Waals surface area (Å²) >= 11 is 0. The van der Waals surface area contributed by atoms with Crippen LogP contribution in [0.1, 0.15) is 12.0 Å². The lowest BCUT2D eigenvalue weighted by atomic mass is 10.1. The van der Waals surface area contributed by atoms with Crippen LogP contribution in [0.25, 0.3) is 11.3 Å². The van der Waals surface area contributed by atoms with Crippen molar-refractivity contribution in [2.24, 2.45) is 11.5 Å². The fraction of sp³-hybridized carbons (Fsp3) is 0.222. The van der Waals surface area contributed by atoms with Crippen LogP contribution in [0.3, 0.4) is 0 Å². The van der Waals surface area contributed by atoms with Crippen LogP contribution in [0.5, 0.6) is 0 Å². The summed E-state index contributed by atoms with van der Waals surface area (Å²) in [5.74, 6) is -0.201. The Morgan fingerprint density at radius 1 is 1.21 bits per heavy atom. The molecule has 0 aliphatic heterocycles. The van der Waals surface area contributed by atoms with E-state index in [4.69, 9.17) is 21.0 Å². The third kappa shape index (κ3) is 6.57. The van der Waals surface area contributed by atoms with Crippen molar-refractivity contribution in [3.05, 3.63) is 59.7 Å². The zero-order chi connectivity index (χ0) is 21.4. The highest BCUT2D eigenvalue weighted by Crippen LogP contribution is 2.31. The number of allylic oxidation sites excluding steroid dienone is 2. The maximum Gasteiger partial charge on any atom is 0.416 e. The van der Waals surface area contributed by atoms with E-state index in [1.54, 1.807) is 0 Å². The Bertz CT molecular complexity index is 889. The first-order valence-electron chi connectivity index (χ1n) is 8.43. The number of hydrogen-bond acceptors (Lipinski definition) is 7. The second-order valence-corrected chi connectivity index (χ2v) is 5.81. The van der Waals surface area contributed by atoms with Crippen molar-refractivity contribution in [2.75, 3.05) is 18.5 Å². The van der Waals surface area contributed by atoms with Crippen LogP contribution in [-0.2, 0) is 11.0 Å². The molecule has 0 fully saturated rings. The SMILES string of the molecule is N/C(=C\C=C(/N)Nc1ncc(-c2ccc(C(F)(F)F)cc2)o1)C(=O)NCCCO. The van der Waals surface area contributed by atoms with Gasteiger partial charge in [0, 0.05) is 18.7 Å². The standard InChI is InChI=1S/C18H20F3N5O3/c19-18(20,21)12-4-2-11(3-5-12)14-10-25-17(29-14)26-15(23)7-6-13(22)16(28)24-8-1-9-27/h2-7,10,27H,1,8-9,22-23H2,(H,24,28)(H,25,26)/b13-6-,15-7+. The molecular weight excluding hydrogens is 391 g/mol. The van der Waals surface area contributed by atoms with Gasteiger partial charge in [-0.05, 0) is 30.7 Å². The van der Waals surface area contributed by atoms with Gasteiger partial charge in [-0.2, -0.15) is 13.2 Å². The van der Waals surface area contributed by atoms with Gasteiger partial charge in [0.2, 0.25) is 0 Å². The highest BCUT2D eigenvalue weighted by molar-refractivity contribution is 5.92. The fourth-order valence-electron chi connectivity index (χ4n) is 2.09. The maximum absolute atomic E-state index is 12.6. The molecular formula is C18H20F3N5O3. The first-order valence-corrected chi connectivity index (χ1v) is 8.43. The Hall–Kier alpha value is -3.47. The molecule has 0 bridgehead atoms. The molecule has 0 aliphatic carbocycles. The number of alkyl halides is 3. The molecule has 11 heteroatoms. The normalized spacial score (nSPS) is 12.7. The van der Waals surface area contributed by atoms with Crippen LogP contribution in [0.4, 0.5) is 19.2 Å². The first kappa shape index (κ1) is 21.8. The molecule has 8 nitrogen and oxygen atoms in total. The van der Waals surface area contributed by atoms with Gasteiger partial charge in [-0.1, -0.05) is 12.1 Å². The maximum atomic E-state index is 12.6. The number of benzene rings is 1. The van der Waals surface area contributed by atoms with E-state index >= 15 is 0 Å². The number of amides is 1. The third-order valence-electron chi connectivity index (χ3n) is 3.58. The second-order valence-electron chi connectivity index (χ2n) is 5.81. The summed E-state index contributed by atoms with van der Waals surface area (Å²) in [6.45, 7) is 0.232. The summed E-state index contributed by atoms with van der Waals surface area (Å²) in [5, 5.41) is 13.8. The predicted molar refractivity (Wildman–Crippen MR) is 99.8 cm³/mol. The molecule has 2 rings (SSSR count). The Labute approximate surface area is 164 Å². The van der Waals surface area contributed by atoms with E-state index in [0.29, 0.717) is 12.0 Å². The Morgan fingerprint density at radius 3 is 2.52 bits per heavy atom. The van der Waals surface area contributed by atoms with Gasteiger partial charge >= 0.3 is 12.2 Å². The van der Waals surface area contributed by atoms with Crippen LogP contribution in [0.15, 0.2) is 58.5 Å². The number of nitrogens with zero attached hydrogens (tertiary/aromatic N) is 1. The number of aromatic nitrogens is 1. The van der Waals surface area contributed by atoms with Crippen molar-refractivity contribution in [1.82, 2.24) is 10.3 Å². The molecule has 0 unspecified atom stereocenters. The lowest BCUT2D eigenvalue weighted by Gasteiger charge is -2.06. The Balaban J connectivity index is 1.99. The lowest BCUT2D eigenvalue weighted by Crippen LogP contribution is -2.29. The zero-order valence-electron chi connectivity index (χ0n) is 15.2. The molecule has 1 aromatic heterocycles. The summed E-state index contributed by atoms with van der Waals surface area (Å²) in [7, 11) is 0. The minimum absolute atomic E-state index is 0.00742. The van der Waals surface area contributed by atoms with Crippen molar-refractivity contribution in [3.8, 4) is 11.3 Å². The summed E-state index contributed by atoms with van der Waals surface area (Å²) < 4.78 is 43.2. The molecule has 29 heavy (non-hydrogen) atoms. The number of aliphatic hydroxyl groups excluding tert-OH is 1. The molecule has 2 aromatic rings. The number of rotatable bonds is 8. The molecule has 0 radical (unpaired) electrons. The molecule has 1 aromatic carbocycles. The van der Waals surface area contributed by atoms with E-state index in [0.717, 1.165) is 12.1 Å². The number of nitrogens with two attached hydrogens (primary N) is 2. The van der Waals surface area contributed by atoms with Crippen molar-refractivity contribution in [3.63, 3.8) is 0 Å². The number of carbonyl (C=O) groups excluding carboxylic acids is 1. The number of halogens is 3. The molecule has 1 amide bonds. The molecule has 156 valence electrons. The lowest BCUT2D eigenvalue weighted by molar-refractivity contribution is -0.137. The average molecular weight is 411 g/mol. The van der Waals surface area contributed by atoms with Crippen LogP contribution in [0.2, 0.25) is 0 Å². The van der Waals surface area contributed by atoms with E-state index in [9.17, 15) is 18.0 Å². The molecule has 0 saturated carbocycles. The van der Waals surface area contributed by atoms with Crippen molar-refractivity contribution in [1.29, 1.82) is 0 Å². The second kappa shape index (κ2) is 9.64. The van der Waals surface area contributed by atoms with Crippen LogP contribution in [0, 0.1) is 0 Å². The van der Waals surface area contributed by atoms with Crippen molar-refractivity contribution in [2.45, 2.75) is 12.6 Å². The molecule has 1 heterocycles. The molecule has 7 N–H and O–H groups in total. The van der Waals surface area contributed by atoms with Gasteiger partial charge in [-0.3, -0.25) is 10.1 Å². The minimum Gasteiger partial charge on any atom is -0.423 e. The largest absolute Gasteiger partial charge is 0.423 e. The molecule has 0 atom stereocenters. The van der Waals surface area contributed by atoms with Gasteiger partial charge in [0.1, 0.15) is 5.82 Å². The number of anilines is 1. The van der Waals surface area contributed by atoms with Gasteiger partial charge in [-0.15, -0.1) is 0 Å². The van der Waals surface area contributed by atoms with E-state index in [-0.39, 0.29) is 36.4 Å². The van der Waals surface area contributed by atoms with E-state index in [1.807, 2.05) is 0 Å². The summed E-state index contributed by atoms with van der Waals surface area (Å²) in [5.41, 5.74) is 10.9. The van der Waals surface area contributed by atoms with Crippen molar-refractivity contribution < 1.29 is 27.5 Å². The number of aliphatic hydroxyl groups is 1. The number of nitrogens with one attached hydrogen (secondary N) is 2. The topological polar surface area (TPSA) is 139 Å². The van der Waals surface area contributed by atoms with E-state index < -0.39 is 17.6 Å². The van der Waals surface area contributed by atoms with Crippen LogP contribution >= 0.6 is 0 Å². The van der Waals surface area contributed by atoms with Crippen molar-refractivity contribution >= 4 is 11.9 Å². The minimum atomic E-state index is -4.42. The van der Waals surface area contributed by atoms with E-state index in [2.05, 4.69) is 15.6 Å². The first-order chi connectivity index (χ1) is 13.7. The number of hydrogen-bond donors (Lipinski definition) is 5. The zero-order valence-corrected chi connectivity index (χ0v) is 15.2. The van der Waals surface area contributed by atoms with Gasteiger partial charge in [0.05, 0.1) is 17.5 Å². The van der Waals surface area contributed by atoms with Crippen LogP contribution < -0.4 is 22.1 Å². The highest BCUT2D eigenvalue weighted by atomic mass is 19.4. The molecule has 0 saturated heterocycles. The Kier molecular flexibility index (Phi) is 7.26. The van der Waals surface area contributed by atoms with Gasteiger partial charge < -0.3 is 26.3 Å². The molecule has 0 spiro atoms. The quantitative estimate of drug-likeness (QED) is 0.254. The fourth-order valence-corrected chi connectivity index (χ4v) is 2.09. The van der Waals surface area contributed by atoms with E-state index in [1.165, 1.54) is 30.5 Å². The number of carbonyl (C=O) groups is 1. The average Bonchev–Trinajstić information content (AvgIpc) is 3.14. The summed E-state index contributed by atoms with van der Waals surface area (Å²) in [4.78, 5) is 15.6. The summed E-state index contributed by atoms with van der Waals surface area (Å²) in [6.07, 6.45) is -0.0860. The monoisotopic (exact) mass is 411 g/mol. The Morgan fingerprint density at radius 2 is 1.90 bits per heavy atom. The van der Waals surface area contributed by atoms with Gasteiger partial charge in [-0.25, -0.2) is 4.98 Å². The highest BCUT2D eigenvalue weighted by Gasteiger charge is 2.30.